The number of carbonyl (C=O) groups is 1. The number of likely N-dealkylation sites (tertiary alicyclic amines) is 1. The van der Waals surface area contributed by atoms with E-state index >= 15 is 0 Å². The molecule has 7 heteroatoms. The Bertz CT molecular complexity index is 1260. The predicted octanol–water partition coefficient (Wildman–Crippen LogP) is 3.93. The number of H-pyrrole nitrogens is 1. The summed E-state index contributed by atoms with van der Waals surface area (Å²) in [6.45, 7) is 6.91. The molecule has 0 radical (unpaired) electrons. The molecule has 0 saturated carbocycles. The van der Waals surface area contributed by atoms with Gasteiger partial charge in [-0.1, -0.05) is 19.9 Å². The highest BCUT2D eigenvalue weighted by atomic mass is 16.1. The minimum absolute atomic E-state index is 0.0917. The Balaban J connectivity index is 1.49. The van der Waals surface area contributed by atoms with Crippen molar-refractivity contribution >= 4 is 22.5 Å². The van der Waals surface area contributed by atoms with Crippen LogP contribution in [-0.4, -0.2) is 57.1 Å². The van der Waals surface area contributed by atoms with Crippen LogP contribution in [0.3, 0.4) is 0 Å². The van der Waals surface area contributed by atoms with Crippen molar-refractivity contribution in [1.29, 1.82) is 0 Å². The van der Waals surface area contributed by atoms with Gasteiger partial charge >= 0.3 is 0 Å². The van der Waals surface area contributed by atoms with Crippen LogP contribution < -0.4 is 5.32 Å². The van der Waals surface area contributed by atoms with E-state index in [0.29, 0.717) is 18.4 Å². The molecular formula is C25H30N6O. The van der Waals surface area contributed by atoms with E-state index in [9.17, 15) is 4.79 Å². The lowest BCUT2D eigenvalue weighted by Gasteiger charge is -2.31. The van der Waals surface area contributed by atoms with Crippen molar-refractivity contribution in [2.24, 2.45) is 0 Å². The van der Waals surface area contributed by atoms with Crippen LogP contribution in [0.1, 0.15) is 49.7 Å². The van der Waals surface area contributed by atoms with Gasteiger partial charge in [0.2, 0.25) is 5.91 Å². The third-order valence-corrected chi connectivity index (χ3v) is 6.72. The first kappa shape index (κ1) is 20.7. The highest BCUT2D eigenvalue weighted by Crippen LogP contribution is 2.39. The van der Waals surface area contributed by atoms with Crippen LogP contribution in [0.15, 0.2) is 42.9 Å². The second kappa shape index (κ2) is 8.39. The largest absolute Gasteiger partial charge is 0.358 e. The molecule has 32 heavy (non-hydrogen) atoms. The molecule has 4 aromatic rings. The Kier molecular flexibility index (Phi) is 5.43. The van der Waals surface area contributed by atoms with Crippen LogP contribution in [-0.2, 0) is 4.79 Å². The summed E-state index contributed by atoms with van der Waals surface area (Å²) in [5.41, 5.74) is 6.95. The topological polar surface area (TPSA) is 78.3 Å². The van der Waals surface area contributed by atoms with E-state index in [1.807, 2.05) is 16.8 Å². The number of aromatic nitrogens is 4. The fourth-order valence-electron chi connectivity index (χ4n) is 5.05. The molecular weight excluding hydrogens is 400 g/mol. The third-order valence-electron chi connectivity index (χ3n) is 6.72. The lowest BCUT2D eigenvalue weighted by Crippen LogP contribution is -2.40. The number of hydrogen-bond acceptors (Lipinski definition) is 4. The third kappa shape index (κ3) is 3.66. The average molecular weight is 431 g/mol. The fourth-order valence-corrected chi connectivity index (χ4v) is 5.05. The Hall–Kier alpha value is -3.19. The molecule has 4 heterocycles. The second-order valence-corrected chi connectivity index (χ2v) is 9.05. The van der Waals surface area contributed by atoms with Gasteiger partial charge in [-0.25, -0.2) is 9.50 Å². The molecule has 0 aliphatic carbocycles. The lowest BCUT2D eigenvalue weighted by atomic mass is 9.87. The molecule has 1 aliphatic heterocycles. The summed E-state index contributed by atoms with van der Waals surface area (Å²) in [5.74, 6) is 0.985. The van der Waals surface area contributed by atoms with Gasteiger partial charge in [-0.3, -0.25) is 9.69 Å². The molecule has 1 saturated heterocycles. The molecule has 2 N–H and O–H groups in total. The number of pyridine rings is 1. The number of likely N-dealkylation sites (N-methyl/N-ethyl adjacent to an activating group) is 1. The first-order chi connectivity index (χ1) is 15.5. The second-order valence-electron chi connectivity index (χ2n) is 9.05. The number of nitrogens with zero attached hydrogens (tertiary/aromatic N) is 4. The zero-order chi connectivity index (χ0) is 22.2. The van der Waals surface area contributed by atoms with Crippen LogP contribution >= 0.6 is 0 Å². The highest BCUT2D eigenvalue weighted by molar-refractivity contribution is 5.94. The number of aromatic amines is 1. The van der Waals surface area contributed by atoms with Gasteiger partial charge in [0.15, 0.2) is 5.65 Å². The first-order valence-electron chi connectivity index (χ1n) is 11.4. The van der Waals surface area contributed by atoms with E-state index in [2.05, 4.69) is 63.4 Å². The van der Waals surface area contributed by atoms with Gasteiger partial charge < -0.3 is 10.3 Å². The van der Waals surface area contributed by atoms with Crippen LogP contribution in [0, 0.1) is 0 Å². The van der Waals surface area contributed by atoms with Gasteiger partial charge in [0, 0.05) is 29.7 Å². The smallest absolute Gasteiger partial charge is 0.233 e. The van der Waals surface area contributed by atoms with Crippen LogP contribution in [0.2, 0.25) is 0 Å². The van der Waals surface area contributed by atoms with Gasteiger partial charge in [-0.05, 0) is 73.2 Å². The molecule has 1 fully saturated rings. The molecule has 166 valence electrons. The molecule has 7 nitrogen and oxygen atoms in total. The number of fused-ring (bicyclic) bond motifs is 2. The lowest BCUT2D eigenvalue weighted by molar-refractivity contribution is -0.122. The molecule has 1 aromatic carbocycles. The minimum atomic E-state index is 0.0917. The van der Waals surface area contributed by atoms with E-state index in [1.165, 1.54) is 16.5 Å². The van der Waals surface area contributed by atoms with Crippen LogP contribution in [0.5, 0.6) is 0 Å². The van der Waals surface area contributed by atoms with Crippen molar-refractivity contribution in [2.45, 2.75) is 38.5 Å². The summed E-state index contributed by atoms with van der Waals surface area (Å²) < 4.78 is 1.82. The Morgan fingerprint density at radius 1 is 1.25 bits per heavy atom. The zero-order valence-corrected chi connectivity index (χ0v) is 18.9. The number of hydrogen-bond donors (Lipinski definition) is 2. The number of piperidine rings is 1. The number of carbonyl (C=O) groups excluding carboxylic acids is 1. The number of nitrogens with one attached hydrogen (secondary N) is 2. The van der Waals surface area contributed by atoms with Gasteiger partial charge in [0.1, 0.15) is 6.33 Å². The fraction of sp³-hybridized carbons (Fsp3) is 0.400. The summed E-state index contributed by atoms with van der Waals surface area (Å²) in [7, 11) is 1.70. The van der Waals surface area contributed by atoms with Crippen molar-refractivity contribution in [3.63, 3.8) is 0 Å². The molecule has 1 amide bonds. The monoisotopic (exact) mass is 430 g/mol. The standard InChI is InChI=1S/C25H30N6O/c1-16(2)23-20-13-18(17-8-11-30(12-9-17)14-22(32)26-3)6-7-21(20)29-24(23)19-5-4-10-31-25(19)27-15-28-31/h4-7,10,13,15-17,29H,8-9,11-12,14H2,1-3H3,(H,26,32). The van der Waals surface area contributed by atoms with Crippen LogP contribution in [0.25, 0.3) is 27.8 Å². The quantitative estimate of drug-likeness (QED) is 0.503. The Morgan fingerprint density at radius 3 is 2.81 bits per heavy atom. The van der Waals surface area contributed by atoms with Crippen LogP contribution in [0.4, 0.5) is 0 Å². The Morgan fingerprint density at radius 2 is 2.06 bits per heavy atom. The molecule has 0 spiro atoms. The number of amides is 1. The van der Waals surface area contributed by atoms with Gasteiger partial charge in [-0.15, -0.1) is 0 Å². The van der Waals surface area contributed by atoms with Crippen molar-refractivity contribution in [1.82, 2.24) is 29.8 Å². The normalized spacial score (nSPS) is 15.8. The number of rotatable bonds is 5. The summed E-state index contributed by atoms with van der Waals surface area (Å²) in [5, 5.41) is 8.32. The summed E-state index contributed by atoms with van der Waals surface area (Å²) in [6.07, 6.45) is 5.69. The SMILES string of the molecule is CNC(=O)CN1CCC(c2ccc3[nH]c(-c4cccn5ncnc45)c(C(C)C)c3c2)CC1. The zero-order valence-electron chi connectivity index (χ0n) is 18.9. The van der Waals surface area contributed by atoms with Gasteiger partial charge in [0.05, 0.1) is 12.2 Å². The van der Waals surface area contributed by atoms with E-state index in [4.69, 9.17) is 0 Å². The van der Waals surface area contributed by atoms with Gasteiger partial charge in [-0.2, -0.15) is 5.10 Å². The average Bonchev–Trinajstić information content (AvgIpc) is 3.43. The summed E-state index contributed by atoms with van der Waals surface area (Å²) in [4.78, 5) is 22.1. The molecule has 5 rings (SSSR count). The Labute approximate surface area is 187 Å². The van der Waals surface area contributed by atoms with Crippen molar-refractivity contribution in [3.05, 3.63) is 54.0 Å². The molecule has 0 atom stereocenters. The summed E-state index contributed by atoms with van der Waals surface area (Å²) in [6, 6.07) is 11.0. The maximum atomic E-state index is 11.7. The van der Waals surface area contributed by atoms with E-state index < -0.39 is 0 Å². The maximum Gasteiger partial charge on any atom is 0.233 e. The van der Waals surface area contributed by atoms with E-state index in [1.54, 1.807) is 13.4 Å². The van der Waals surface area contributed by atoms with Gasteiger partial charge in [0.25, 0.3) is 0 Å². The number of benzene rings is 1. The van der Waals surface area contributed by atoms with Crippen molar-refractivity contribution in [3.8, 4) is 11.3 Å². The summed E-state index contributed by atoms with van der Waals surface area (Å²) >= 11 is 0. The predicted molar refractivity (Wildman–Crippen MR) is 127 cm³/mol. The molecule has 3 aromatic heterocycles. The van der Waals surface area contributed by atoms with E-state index in [0.717, 1.165) is 48.4 Å². The maximum absolute atomic E-state index is 11.7. The van der Waals surface area contributed by atoms with Crippen molar-refractivity contribution < 1.29 is 4.79 Å². The first-order valence-corrected chi connectivity index (χ1v) is 11.4. The molecule has 0 bridgehead atoms. The van der Waals surface area contributed by atoms with E-state index in [-0.39, 0.29) is 5.91 Å². The minimum Gasteiger partial charge on any atom is -0.358 e. The molecule has 0 unspecified atom stereocenters. The highest BCUT2D eigenvalue weighted by Gasteiger charge is 2.24. The van der Waals surface area contributed by atoms with Crippen molar-refractivity contribution in [2.75, 3.05) is 26.7 Å². The molecule has 1 aliphatic rings.